The number of nitrogens with one attached hydrogen (secondary N) is 2. The van der Waals surface area contributed by atoms with Crippen LogP contribution in [0.1, 0.15) is 15.9 Å². The first-order valence-corrected chi connectivity index (χ1v) is 6.54. The molecule has 5 nitrogen and oxygen atoms in total. The maximum atomic E-state index is 12.3. The van der Waals surface area contributed by atoms with Gasteiger partial charge in [0.15, 0.2) is 0 Å². The van der Waals surface area contributed by atoms with Gasteiger partial charge in [0.2, 0.25) is 5.91 Å². The van der Waals surface area contributed by atoms with Crippen molar-refractivity contribution in [1.82, 2.24) is 0 Å². The van der Waals surface area contributed by atoms with Crippen molar-refractivity contribution in [3.63, 3.8) is 0 Å². The molecule has 0 radical (unpaired) electrons. The lowest BCUT2D eigenvalue weighted by Gasteiger charge is -2.10. The average molecular weight is 282 g/mol. The van der Waals surface area contributed by atoms with E-state index < -0.39 is 0 Å². The Morgan fingerprint density at radius 2 is 2.05 bits per heavy atom. The second-order valence-electron chi connectivity index (χ2n) is 4.75. The molecule has 0 bridgehead atoms. The zero-order valence-electron chi connectivity index (χ0n) is 11.5. The first kappa shape index (κ1) is 13.2. The van der Waals surface area contributed by atoms with Gasteiger partial charge in [-0.3, -0.25) is 9.59 Å². The summed E-state index contributed by atoms with van der Waals surface area (Å²) in [7, 11) is 1.55. The molecule has 0 spiro atoms. The summed E-state index contributed by atoms with van der Waals surface area (Å²) in [4.78, 5) is 23.6. The summed E-state index contributed by atoms with van der Waals surface area (Å²) in [5.74, 6) is 0.302. The van der Waals surface area contributed by atoms with E-state index in [1.165, 1.54) is 0 Å². The molecule has 0 aliphatic carbocycles. The van der Waals surface area contributed by atoms with Crippen molar-refractivity contribution in [1.29, 1.82) is 0 Å². The van der Waals surface area contributed by atoms with E-state index >= 15 is 0 Å². The Balaban J connectivity index is 1.83. The lowest BCUT2D eigenvalue weighted by molar-refractivity contribution is -0.115. The summed E-state index contributed by atoms with van der Waals surface area (Å²) < 4.78 is 5.20. The van der Waals surface area contributed by atoms with Gasteiger partial charge in [-0.05, 0) is 29.8 Å². The molecular formula is C16H14N2O3. The Morgan fingerprint density at radius 3 is 2.86 bits per heavy atom. The normalized spacial score (nSPS) is 12.5. The smallest absolute Gasteiger partial charge is 0.255 e. The van der Waals surface area contributed by atoms with Crippen molar-refractivity contribution in [2.24, 2.45) is 0 Å². The summed E-state index contributed by atoms with van der Waals surface area (Å²) in [6.07, 6.45) is 0.365. The van der Waals surface area contributed by atoms with E-state index in [2.05, 4.69) is 10.6 Å². The summed E-state index contributed by atoms with van der Waals surface area (Å²) in [5.41, 5.74) is 2.71. The number of anilines is 2. The van der Waals surface area contributed by atoms with E-state index in [1.807, 2.05) is 12.1 Å². The molecule has 21 heavy (non-hydrogen) atoms. The van der Waals surface area contributed by atoms with E-state index in [0.29, 0.717) is 29.1 Å². The number of methoxy groups -OCH3 is 1. The van der Waals surface area contributed by atoms with Gasteiger partial charge in [-0.2, -0.15) is 0 Å². The molecule has 2 N–H and O–H groups in total. The maximum absolute atomic E-state index is 12.3. The van der Waals surface area contributed by atoms with Crippen LogP contribution in [0.15, 0.2) is 42.5 Å². The predicted molar refractivity (Wildman–Crippen MR) is 79.7 cm³/mol. The summed E-state index contributed by atoms with van der Waals surface area (Å²) in [5, 5.41) is 5.54. The molecule has 2 aromatic carbocycles. The fraction of sp³-hybridized carbons (Fsp3) is 0.125. The second-order valence-corrected chi connectivity index (χ2v) is 4.75. The number of carbonyl (C=O) groups is 2. The number of fused-ring (bicyclic) bond motifs is 1. The highest BCUT2D eigenvalue weighted by molar-refractivity contribution is 6.07. The number of amides is 2. The van der Waals surface area contributed by atoms with Crippen LogP contribution in [0.5, 0.6) is 5.75 Å². The number of hydrogen-bond donors (Lipinski definition) is 2. The molecule has 3 rings (SSSR count). The Morgan fingerprint density at radius 1 is 1.24 bits per heavy atom. The fourth-order valence-corrected chi connectivity index (χ4v) is 2.30. The van der Waals surface area contributed by atoms with Crippen molar-refractivity contribution in [3.8, 4) is 5.75 Å². The Bertz CT molecular complexity index is 725. The van der Waals surface area contributed by atoms with Gasteiger partial charge in [0, 0.05) is 11.3 Å². The van der Waals surface area contributed by atoms with Crippen LogP contribution in [0.3, 0.4) is 0 Å². The van der Waals surface area contributed by atoms with Gasteiger partial charge in [0.1, 0.15) is 5.75 Å². The highest BCUT2D eigenvalue weighted by Crippen LogP contribution is 2.26. The zero-order valence-corrected chi connectivity index (χ0v) is 11.5. The van der Waals surface area contributed by atoms with E-state index in [1.54, 1.807) is 37.4 Å². The Hall–Kier alpha value is -2.82. The standard InChI is InChI=1S/C16H14N2O3/c1-21-14-5-3-2-4-12(14)18-16(20)11-7-6-10-9-15(19)17-13(10)8-11/h2-8H,9H2,1H3,(H,17,19)(H,18,20). The minimum absolute atomic E-state index is 0.0488. The average Bonchev–Trinajstić information content (AvgIpc) is 2.86. The SMILES string of the molecule is COc1ccccc1NC(=O)c1ccc2c(c1)NC(=O)C2. The van der Waals surface area contributed by atoms with Crippen molar-refractivity contribution >= 4 is 23.2 Å². The molecule has 1 aliphatic rings. The number of ether oxygens (including phenoxy) is 1. The number of carbonyl (C=O) groups excluding carboxylic acids is 2. The molecule has 0 fully saturated rings. The molecular weight excluding hydrogens is 268 g/mol. The molecule has 1 aliphatic heterocycles. The minimum Gasteiger partial charge on any atom is -0.495 e. The number of rotatable bonds is 3. The van der Waals surface area contributed by atoms with Crippen molar-refractivity contribution in [3.05, 3.63) is 53.6 Å². The van der Waals surface area contributed by atoms with Crippen LogP contribution in [0, 0.1) is 0 Å². The molecule has 0 atom stereocenters. The highest BCUT2D eigenvalue weighted by atomic mass is 16.5. The topological polar surface area (TPSA) is 67.4 Å². The molecule has 2 amide bonds. The molecule has 5 heteroatoms. The van der Waals surface area contributed by atoms with Gasteiger partial charge >= 0.3 is 0 Å². The van der Waals surface area contributed by atoms with Crippen LogP contribution in [0.25, 0.3) is 0 Å². The first-order chi connectivity index (χ1) is 10.2. The molecule has 0 aromatic heterocycles. The summed E-state index contributed by atoms with van der Waals surface area (Å²) >= 11 is 0. The van der Waals surface area contributed by atoms with Crippen molar-refractivity contribution in [2.45, 2.75) is 6.42 Å². The maximum Gasteiger partial charge on any atom is 0.255 e. The van der Waals surface area contributed by atoms with E-state index in [0.717, 1.165) is 5.56 Å². The van der Waals surface area contributed by atoms with E-state index in [-0.39, 0.29) is 11.8 Å². The Kier molecular flexibility index (Phi) is 3.31. The summed E-state index contributed by atoms with van der Waals surface area (Å²) in [6, 6.07) is 12.4. The van der Waals surface area contributed by atoms with E-state index in [4.69, 9.17) is 4.74 Å². The molecule has 2 aromatic rings. The molecule has 1 heterocycles. The Labute approximate surface area is 121 Å². The van der Waals surface area contributed by atoms with Crippen LogP contribution < -0.4 is 15.4 Å². The lowest BCUT2D eigenvalue weighted by atomic mass is 10.1. The third-order valence-corrected chi connectivity index (χ3v) is 3.35. The molecule has 106 valence electrons. The number of para-hydroxylation sites is 2. The summed E-state index contributed by atoms with van der Waals surface area (Å²) in [6.45, 7) is 0. The fourth-order valence-electron chi connectivity index (χ4n) is 2.30. The van der Waals surface area contributed by atoms with Gasteiger partial charge in [-0.25, -0.2) is 0 Å². The lowest BCUT2D eigenvalue weighted by Crippen LogP contribution is -2.13. The van der Waals surface area contributed by atoms with E-state index in [9.17, 15) is 9.59 Å². The van der Waals surface area contributed by atoms with Gasteiger partial charge in [-0.15, -0.1) is 0 Å². The zero-order chi connectivity index (χ0) is 14.8. The predicted octanol–water partition coefficient (Wildman–Crippen LogP) is 2.44. The third kappa shape index (κ3) is 2.58. The molecule has 0 saturated carbocycles. The second kappa shape index (κ2) is 5.28. The molecule has 0 unspecified atom stereocenters. The number of benzene rings is 2. The van der Waals surface area contributed by atoms with Crippen LogP contribution >= 0.6 is 0 Å². The van der Waals surface area contributed by atoms with Crippen LogP contribution in [0.2, 0.25) is 0 Å². The first-order valence-electron chi connectivity index (χ1n) is 6.54. The molecule has 0 saturated heterocycles. The van der Waals surface area contributed by atoms with Gasteiger partial charge in [0.25, 0.3) is 5.91 Å². The van der Waals surface area contributed by atoms with Crippen LogP contribution in [0.4, 0.5) is 11.4 Å². The highest BCUT2D eigenvalue weighted by Gasteiger charge is 2.19. The van der Waals surface area contributed by atoms with Gasteiger partial charge < -0.3 is 15.4 Å². The minimum atomic E-state index is -0.247. The van der Waals surface area contributed by atoms with Crippen molar-refractivity contribution in [2.75, 3.05) is 17.7 Å². The van der Waals surface area contributed by atoms with Gasteiger partial charge in [-0.1, -0.05) is 18.2 Å². The third-order valence-electron chi connectivity index (χ3n) is 3.35. The largest absolute Gasteiger partial charge is 0.495 e. The number of hydrogen-bond acceptors (Lipinski definition) is 3. The van der Waals surface area contributed by atoms with Gasteiger partial charge in [0.05, 0.1) is 19.2 Å². The van der Waals surface area contributed by atoms with Crippen molar-refractivity contribution < 1.29 is 14.3 Å². The quantitative estimate of drug-likeness (QED) is 0.908. The van der Waals surface area contributed by atoms with Crippen LogP contribution in [-0.4, -0.2) is 18.9 Å². The monoisotopic (exact) mass is 282 g/mol. The van der Waals surface area contributed by atoms with Crippen LogP contribution in [-0.2, 0) is 11.2 Å².